The fraction of sp³-hybridized carbons (Fsp3) is 0.667. The van der Waals surface area contributed by atoms with E-state index in [0.29, 0.717) is 6.04 Å². The van der Waals surface area contributed by atoms with E-state index in [2.05, 4.69) is 18.7 Å². The van der Waals surface area contributed by atoms with Gasteiger partial charge in [-0.1, -0.05) is 12.1 Å². The van der Waals surface area contributed by atoms with Gasteiger partial charge < -0.3 is 14.7 Å². The molecular formula is C18H29NO2. The van der Waals surface area contributed by atoms with Crippen LogP contribution in [0.3, 0.4) is 0 Å². The van der Waals surface area contributed by atoms with Crippen molar-refractivity contribution in [2.24, 2.45) is 0 Å². The molecule has 1 atom stereocenters. The second kappa shape index (κ2) is 6.80. The Bertz CT molecular complexity index is 458. The van der Waals surface area contributed by atoms with Gasteiger partial charge in [-0.15, -0.1) is 0 Å². The van der Waals surface area contributed by atoms with Crippen molar-refractivity contribution in [3.8, 4) is 5.75 Å². The van der Waals surface area contributed by atoms with Gasteiger partial charge in [0.05, 0.1) is 11.7 Å². The molecule has 0 radical (unpaired) electrons. The summed E-state index contributed by atoms with van der Waals surface area (Å²) in [6.45, 7) is 10.5. The lowest BCUT2D eigenvalue weighted by atomic mass is 9.87. The molecule has 3 nitrogen and oxygen atoms in total. The Morgan fingerprint density at radius 3 is 2.57 bits per heavy atom. The van der Waals surface area contributed by atoms with Crippen molar-refractivity contribution in [1.29, 1.82) is 0 Å². The monoisotopic (exact) mass is 291 g/mol. The third-order valence-corrected chi connectivity index (χ3v) is 4.32. The van der Waals surface area contributed by atoms with Crippen molar-refractivity contribution < 1.29 is 9.84 Å². The summed E-state index contributed by atoms with van der Waals surface area (Å²) in [5.41, 5.74) is 0.270. The molecule has 21 heavy (non-hydrogen) atoms. The molecule has 0 amide bonds. The Labute approximate surface area is 128 Å². The normalized spacial score (nSPS) is 24.3. The smallest absolute Gasteiger partial charge is 0.120 e. The Kier molecular flexibility index (Phi) is 5.28. The van der Waals surface area contributed by atoms with Crippen LogP contribution in [0.4, 0.5) is 0 Å². The largest absolute Gasteiger partial charge is 0.491 e. The first-order valence-corrected chi connectivity index (χ1v) is 8.14. The third kappa shape index (κ3) is 4.21. The number of benzene rings is 1. The lowest BCUT2D eigenvalue weighted by Crippen LogP contribution is -2.33. The van der Waals surface area contributed by atoms with Crippen molar-refractivity contribution in [2.45, 2.75) is 64.7 Å². The van der Waals surface area contributed by atoms with Gasteiger partial charge in [0.15, 0.2) is 0 Å². The quantitative estimate of drug-likeness (QED) is 0.920. The lowest BCUT2D eigenvalue weighted by molar-refractivity contribution is 0.0201. The highest BCUT2D eigenvalue weighted by Crippen LogP contribution is 2.34. The number of likely N-dealkylation sites (tertiary alicyclic amines) is 1. The maximum atomic E-state index is 11.1. The molecule has 1 aromatic carbocycles. The summed E-state index contributed by atoms with van der Waals surface area (Å²) < 4.78 is 5.76. The fourth-order valence-electron chi connectivity index (χ4n) is 3.08. The minimum Gasteiger partial charge on any atom is -0.491 e. The van der Waals surface area contributed by atoms with Crippen LogP contribution in [-0.2, 0) is 5.60 Å². The van der Waals surface area contributed by atoms with Gasteiger partial charge in [-0.05, 0) is 71.2 Å². The molecule has 1 fully saturated rings. The molecular weight excluding hydrogens is 262 g/mol. The Hall–Kier alpha value is -1.06. The molecule has 118 valence electrons. The predicted octanol–water partition coefficient (Wildman–Crippen LogP) is 3.56. The van der Waals surface area contributed by atoms with Crippen molar-refractivity contribution in [3.05, 3.63) is 29.8 Å². The highest BCUT2D eigenvalue weighted by molar-refractivity contribution is 5.32. The highest BCUT2D eigenvalue weighted by atomic mass is 16.5. The maximum absolute atomic E-state index is 11.1. The van der Waals surface area contributed by atoms with Crippen LogP contribution in [-0.4, -0.2) is 35.2 Å². The van der Waals surface area contributed by atoms with E-state index in [1.54, 1.807) is 0 Å². The van der Waals surface area contributed by atoms with E-state index >= 15 is 0 Å². The van der Waals surface area contributed by atoms with E-state index in [9.17, 15) is 5.11 Å². The summed E-state index contributed by atoms with van der Waals surface area (Å²) in [5.74, 6) is 0.848. The zero-order valence-corrected chi connectivity index (χ0v) is 13.8. The molecule has 1 aliphatic heterocycles. The molecule has 0 spiro atoms. The number of aliphatic hydroxyl groups is 1. The van der Waals surface area contributed by atoms with Crippen LogP contribution < -0.4 is 4.74 Å². The van der Waals surface area contributed by atoms with Gasteiger partial charge in [0.1, 0.15) is 5.75 Å². The topological polar surface area (TPSA) is 32.7 Å². The Balaban J connectivity index is 2.15. The van der Waals surface area contributed by atoms with Crippen LogP contribution in [0.5, 0.6) is 5.75 Å². The fourth-order valence-corrected chi connectivity index (χ4v) is 3.08. The maximum Gasteiger partial charge on any atom is 0.120 e. The van der Waals surface area contributed by atoms with Crippen LogP contribution in [0.15, 0.2) is 24.3 Å². The summed E-state index contributed by atoms with van der Waals surface area (Å²) in [6, 6.07) is 8.52. The molecule has 1 aliphatic rings. The Morgan fingerprint density at radius 2 is 1.90 bits per heavy atom. The summed E-state index contributed by atoms with van der Waals surface area (Å²) in [7, 11) is 0. The van der Waals surface area contributed by atoms with Crippen molar-refractivity contribution >= 4 is 0 Å². The first kappa shape index (κ1) is 16.3. The predicted molar refractivity (Wildman–Crippen MR) is 86.7 cm³/mol. The molecule has 2 rings (SSSR count). The second-order valence-corrected chi connectivity index (χ2v) is 6.71. The zero-order valence-electron chi connectivity index (χ0n) is 13.8. The molecule has 1 aromatic rings. The number of hydrogen-bond acceptors (Lipinski definition) is 3. The molecule has 1 N–H and O–H groups in total. The van der Waals surface area contributed by atoms with Crippen LogP contribution in [0.2, 0.25) is 0 Å². The molecule has 1 unspecified atom stereocenters. The van der Waals surface area contributed by atoms with Gasteiger partial charge >= 0.3 is 0 Å². The van der Waals surface area contributed by atoms with E-state index < -0.39 is 5.60 Å². The van der Waals surface area contributed by atoms with E-state index in [-0.39, 0.29) is 6.10 Å². The minimum absolute atomic E-state index is 0.153. The summed E-state index contributed by atoms with van der Waals surface area (Å²) in [5, 5.41) is 11.1. The molecule has 0 aromatic heterocycles. The van der Waals surface area contributed by atoms with Gasteiger partial charge in [-0.3, -0.25) is 0 Å². The molecule has 1 saturated heterocycles. The summed E-state index contributed by atoms with van der Waals surface area (Å²) >= 11 is 0. The van der Waals surface area contributed by atoms with Crippen molar-refractivity contribution in [1.82, 2.24) is 4.90 Å². The average Bonchev–Trinajstić information content (AvgIpc) is 2.61. The number of nitrogens with zero attached hydrogens (tertiary/aromatic N) is 1. The standard InChI is InChI=1S/C18H29NO2/c1-14(2)19-11-6-9-18(20,10-12-19)16-7-5-8-17(13-16)21-15(3)4/h5,7-8,13-15,20H,6,9-12H2,1-4H3. The summed E-state index contributed by atoms with van der Waals surface area (Å²) in [6.07, 6.45) is 2.79. The number of rotatable bonds is 4. The third-order valence-electron chi connectivity index (χ3n) is 4.32. The Morgan fingerprint density at radius 1 is 1.14 bits per heavy atom. The molecule has 1 heterocycles. The van der Waals surface area contributed by atoms with E-state index in [1.165, 1.54) is 0 Å². The average molecular weight is 291 g/mol. The van der Waals surface area contributed by atoms with Crippen LogP contribution in [0, 0.1) is 0 Å². The van der Waals surface area contributed by atoms with E-state index in [0.717, 1.165) is 43.7 Å². The van der Waals surface area contributed by atoms with Crippen LogP contribution in [0.25, 0.3) is 0 Å². The minimum atomic E-state index is -0.722. The SMILES string of the molecule is CC(C)Oc1cccc(C2(O)CCCN(C(C)C)CC2)c1. The van der Waals surface area contributed by atoms with Crippen LogP contribution >= 0.6 is 0 Å². The molecule has 0 aliphatic carbocycles. The van der Waals surface area contributed by atoms with Crippen molar-refractivity contribution in [3.63, 3.8) is 0 Å². The first-order chi connectivity index (χ1) is 9.90. The van der Waals surface area contributed by atoms with Crippen molar-refractivity contribution in [2.75, 3.05) is 13.1 Å². The number of hydrogen-bond donors (Lipinski definition) is 1. The van der Waals surface area contributed by atoms with Gasteiger partial charge in [-0.2, -0.15) is 0 Å². The number of ether oxygens (including phenoxy) is 1. The van der Waals surface area contributed by atoms with E-state index in [4.69, 9.17) is 4.74 Å². The van der Waals surface area contributed by atoms with E-state index in [1.807, 2.05) is 38.1 Å². The van der Waals surface area contributed by atoms with Crippen LogP contribution in [0.1, 0.15) is 52.5 Å². The first-order valence-electron chi connectivity index (χ1n) is 8.14. The zero-order chi connectivity index (χ0) is 15.5. The van der Waals surface area contributed by atoms with Gasteiger partial charge in [0.2, 0.25) is 0 Å². The van der Waals surface area contributed by atoms with Gasteiger partial charge in [-0.25, -0.2) is 0 Å². The van der Waals surface area contributed by atoms with Gasteiger partial charge in [0, 0.05) is 12.6 Å². The van der Waals surface area contributed by atoms with Gasteiger partial charge in [0.25, 0.3) is 0 Å². The second-order valence-electron chi connectivity index (χ2n) is 6.71. The molecule has 3 heteroatoms. The lowest BCUT2D eigenvalue weighted by Gasteiger charge is -2.29. The summed E-state index contributed by atoms with van der Waals surface area (Å²) in [4.78, 5) is 2.45. The highest BCUT2D eigenvalue weighted by Gasteiger charge is 2.32. The molecule has 0 saturated carbocycles. The molecule has 0 bridgehead atoms.